The van der Waals surface area contributed by atoms with E-state index in [1.54, 1.807) is 6.20 Å². The van der Waals surface area contributed by atoms with Crippen molar-refractivity contribution in [3.8, 4) is 0 Å². The zero-order valence-electron chi connectivity index (χ0n) is 11.5. The molecule has 19 heavy (non-hydrogen) atoms. The molecule has 1 fully saturated rings. The quantitative estimate of drug-likeness (QED) is 0.775. The van der Waals surface area contributed by atoms with E-state index in [2.05, 4.69) is 11.6 Å². The van der Waals surface area contributed by atoms with Crippen LogP contribution < -0.4 is 0 Å². The first-order chi connectivity index (χ1) is 8.99. The lowest BCUT2D eigenvalue weighted by Crippen LogP contribution is -2.30. The molecule has 2 aromatic heterocycles. The SMILES string of the molecule is C=C(B1OC(C)C(C)(C)O1)c1cnc2ccccn12. The number of nitrogens with zero attached hydrogens (tertiary/aromatic N) is 2. The number of hydrogen-bond donors (Lipinski definition) is 0. The molecule has 3 heterocycles. The molecule has 0 radical (unpaired) electrons. The molecule has 0 aliphatic carbocycles. The number of aromatic nitrogens is 2. The standard InChI is InChI=1S/C14H17BN2O2/c1-10(15-18-11(2)14(3,4)19-15)12-9-16-13-7-5-6-8-17(12)13/h5-9,11H,1H2,2-4H3. The Kier molecular flexibility index (Phi) is 2.76. The van der Waals surface area contributed by atoms with Crippen molar-refractivity contribution in [3.05, 3.63) is 42.9 Å². The normalized spacial score (nSPS) is 22.1. The lowest BCUT2D eigenvalue weighted by molar-refractivity contribution is 0.0843. The van der Waals surface area contributed by atoms with Gasteiger partial charge >= 0.3 is 7.12 Å². The van der Waals surface area contributed by atoms with Gasteiger partial charge in [0.05, 0.1) is 23.6 Å². The molecule has 3 rings (SSSR count). The van der Waals surface area contributed by atoms with Crippen LogP contribution in [0.25, 0.3) is 11.1 Å². The van der Waals surface area contributed by atoms with Gasteiger partial charge in [0.25, 0.3) is 0 Å². The van der Waals surface area contributed by atoms with Gasteiger partial charge in [-0.2, -0.15) is 0 Å². The Morgan fingerprint density at radius 3 is 2.95 bits per heavy atom. The summed E-state index contributed by atoms with van der Waals surface area (Å²) in [7, 11) is -0.412. The maximum atomic E-state index is 5.93. The third-order valence-corrected chi connectivity index (χ3v) is 3.75. The third kappa shape index (κ3) is 1.99. The van der Waals surface area contributed by atoms with Gasteiger partial charge in [0.15, 0.2) is 0 Å². The second kappa shape index (κ2) is 4.22. The van der Waals surface area contributed by atoms with Crippen LogP contribution in [0.3, 0.4) is 0 Å². The smallest absolute Gasteiger partial charge is 0.402 e. The highest BCUT2D eigenvalue weighted by Gasteiger charge is 2.45. The molecule has 0 aromatic carbocycles. The molecule has 98 valence electrons. The molecule has 1 saturated heterocycles. The van der Waals surface area contributed by atoms with Crippen molar-refractivity contribution in [2.24, 2.45) is 0 Å². The molecule has 1 atom stereocenters. The van der Waals surface area contributed by atoms with Gasteiger partial charge in [-0.1, -0.05) is 12.6 Å². The number of rotatable bonds is 2. The van der Waals surface area contributed by atoms with Gasteiger partial charge in [0.2, 0.25) is 0 Å². The van der Waals surface area contributed by atoms with Crippen molar-refractivity contribution >= 4 is 18.2 Å². The topological polar surface area (TPSA) is 35.8 Å². The lowest BCUT2D eigenvalue weighted by atomic mass is 9.77. The third-order valence-electron chi connectivity index (χ3n) is 3.75. The van der Waals surface area contributed by atoms with Crippen LogP contribution in [0.15, 0.2) is 37.2 Å². The predicted octanol–water partition coefficient (Wildman–Crippen LogP) is 2.59. The van der Waals surface area contributed by atoms with Crippen molar-refractivity contribution in [1.29, 1.82) is 0 Å². The molecule has 2 aromatic rings. The highest BCUT2D eigenvalue weighted by Crippen LogP contribution is 2.32. The maximum Gasteiger partial charge on any atom is 0.496 e. The molecule has 4 nitrogen and oxygen atoms in total. The van der Waals surface area contributed by atoms with Gasteiger partial charge in [-0.05, 0) is 32.9 Å². The van der Waals surface area contributed by atoms with Gasteiger partial charge in [-0.25, -0.2) is 4.98 Å². The van der Waals surface area contributed by atoms with Gasteiger partial charge in [-0.15, -0.1) is 0 Å². The summed E-state index contributed by atoms with van der Waals surface area (Å²) in [6.45, 7) is 10.2. The molecule has 1 unspecified atom stereocenters. The predicted molar refractivity (Wildman–Crippen MR) is 75.7 cm³/mol. The van der Waals surface area contributed by atoms with Crippen LogP contribution in [0.1, 0.15) is 26.5 Å². The first-order valence-corrected chi connectivity index (χ1v) is 6.43. The van der Waals surface area contributed by atoms with Crippen molar-refractivity contribution in [1.82, 2.24) is 9.38 Å². The van der Waals surface area contributed by atoms with Crippen LogP contribution in [0.2, 0.25) is 0 Å². The molecule has 0 amide bonds. The lowest BCUT2D eigenvalue weighted by Gasteiger charge is -2.21. The Morgan fingerprint density at radius 1 is 1.47 bits per heavy atom. The molecular formula is C14H17BN2O2. The minimum Gasteiger partial charge on any atom is -0.402 e. The minimum atomic E-state index is -0.412. The van der Waals surface area contributed by atoms with Crippen molar-refractivity contribution in [3.63, 3.8) is 0 Å². The fourth-order valence-corrected chi connectivity index (χ4v) is 2.19. The van der Waals surface area contributed by atoms with E-state index in [4.69, 9.17) is 9.31 Å². The highest BCUT2D eigenvalue weighted by molar-refractivity contribution is 6.68. The summed E-state index contributed by atoms with van der Waals surface area (Å²) >= 11 is 0. The van der Waals surface area contributed by atoms with E-state index in [-0.39, 0.29) is 11.7 Å². The molecule has 0 N–H and O–H groups in total. The van der Waals surface area contributed by atoms with E-state index in [1.165, 1.54) is 0 Å². The summed E-state index contributed by atoms with van der Waals surface area (Å²) in [5.41, 5.74) is 2.32. The van der Waals surface area contributed by atoms with Crippen molar-refractivity contribution < 1.29 is 9.31 Å². The van der Waals surface area contributed by atoms with E-state index in [1.807, 2.05) is 49.6 Å². The minimum absolute atomic E-state index is 0.0356. The molecule has 0 saturated carbocycles. The summed E-state index contributed by atoms with van der Waals surface area (Å²) in [5.74, 6) is 0. The van der Waals surface area contributed by atoms with E-state index >= 15 is 0 Å². The van der Waals surface area contributed by atoms with E-state index in [0.29, 0.717) is 0 Å². The van der Waals surface area contributed by atoms with E-state index in [9.17, 15) is 0 Å². The van der Waals surface area contributed by atoms with Gasteiger partial charge in [0, 0.05) is 11.7 Å². The van der Waals surface area contributed by atoms with Gasteiger partial charge in [-0.3, -0.25) is 0 Å². The first kappa shape index (κ1) is 12.4. The average molecular weight is 256 g/mol. The van der Waals surface area contributed by atoms with Gasteiger partial charge in [0.1, 0.15) is 5.65 Å². The zero-order valence-corrected chi connectivity index (χ0v) is 11.5. The molecule has 0 bridgehead atoms. The van der Waals surface area contributed by atoms with E-state index < -0.39 is 7.12 Å². The second-order valence-corrected chi connectivity index (χ2v) is 5.43. The van der Waals surface area contributed by atoms with E-state index in [0.717, 1.165) is 16.8 Å². The average Bonchev–Trinajstić information content (AvgIpc) is 2.91. The summed E-state index contributed by atoms with van der Waals surface area (Å²) in [6.07, 6.45) is 3.81. The van der Waals surface area contributed by atoms with Gasteiger partial charge < -0.3 is 13.7 Å². The number of pyridine rings is 1. The molecule has 0 spiro atoms. The Bertz CT molecular complexity index is 635. The molecule has 1 aliphatic rings. The van der Waals surface area contributed by atoms with Crippen molar-refractivity contribution in [2.45, 2.75) is 32.5 Å². The summed E-state index contributed by atoms with van der Waals surface area (Å²) < 4.78 is 13.8. The second-order valence-electron chi connectivity index (χ2n) is 5.43. The van der Waals surface area contributed by atoms with Crippen LogP contribution in [-0.4, -0.2) is 28.2 Å². The largest absolute Gasteiger partial charge is 0.496 e. The number of imidazole rings is 1. The molecule has 5 heteroatoms. The Balaban J connectivity index is 1.93. The van der Waals surface area contributed by atoms with Crippen LogP contribution in [0.4, 0.5) is 0 Å². The van der Waals surface area contributed by atoms with Crippen LogP contribution >= 0.6 is 0 Å². The molecule has 1 aliphatic heterocycles. The number of hydrogen-bond acceptors (Lipinski definition) is 3. The summed E-state index contributed by atoms with van der Waals surface area (Å²) in [5, 5.41) is 0. The summed E-state index contributed by atoms with van der Waals surface area (Å²) in [4.78, 5) is 4.36. The monoisotopic (exact) mass is 256 g/mol. The fraction of sp³-hybridized carbons (Fsp3) is 0.357. The first-order valence-electron chi connectivity index (χ1n) is 6.43. The molecular weight excluding hydrogens is 239 g/mol. The Labute approximate surface area is 113 Å². The zero-order chi connectivity index (χ0) is 13.6. The van der Waals surface area contributed by atoms with Crippen LogP contribution in [0.5, 0.6) is 0 Å². The van der Waals surface area contributed by atoms with Crippen molar-refractivity contribution in [2.75, 3.05) is 0 Å². The summed E-state index contributed by atoms with van der Waals surface area (Å²) in [6, 6.07) is 5.89. The Hall–Kier alpha value is -1.59. The highest BCUT2D eigenvalue weighted by atomic mass is 16.7. The maximum absolute atomic E-state index is 5.93. The number of fused-ring (bicyclic) bond motifs is 1. The van der Waals surface area contributed by atoms with Crippen LogP contribution in [-0.2, 0) is 9.31 Å². The Morgan fingerprint density at radius 2 is 2.26 bits per heavy atom. The van der Waals surface area contributed by atoms with Crippen LogP contribution in [0, 0.1) is 0 Å². The fourth-order valence-electron chi connectivity index (χ4n) is 2.19.